The van der Waals surface area contributed by atoms with Crippen LogP contribution in [0.4, 0.5) is 14.9 Å². The van der Waals surface area contributed by atoms with Crippen LogP contribution < -0.4 is 10.9 Å². The molecule has 0 bridgehead atoms. The van der Waals surface area contributed by atoms with Gasteiger partial charge in [0.25, 0.3) is 0 Å². The Kier molecular flexibility index (Phi) is 5.81. The number of fused-ring (bicyclic) bond motifs is 1. The minimum atomic E-state index is -0.561. The van der Waals surface area contributed by atoms with Gasteiger partial charge in [0.1, 0.15) is 11.4 Å². The lowest BCUT2D eigenvalue weighted by molar-refractivity contribution is 0.168. The molecule has 0 atom stereocenters. The summed E-state index contributed by atoms with van der Waals surface area (Å²) in [6.07, 6.45) is 1.65. The highest BCUT2D eigenvalue weighted by Gasteiger charge is 2.29. The molecule has 30 heavy (non-hydrogen) atoms. The van der Waals surface area contributed by atoms with E-state index in [2.05, 4.69) is 10.2 Å². The number of hydrogen-bond acceptors (Lipinski definition) is 5. The second-order valence-corrected chi connectivity index (χ2v) is 7.41. The van der Waals surface area contributed by atoms with Crippen molar-refractivity contribution in [2.24, 2.45) is 0 Å². The molecule has 3 aromatic rings. The highest BCUT2D eigenvalue weighted by Crippen LogP contribution is 2.31. The molecule has 1 aliphatic rings. The molecule has 1 N–H and O–H groups in total. The molecule has 1 heterocycles. The van der Waals surface area contributed by atoms with Gasteiger partial charge >= 0.3 is 11.7 Å². The average molecular weight is 410 g/mol. The molecule has 0 spiro atoms. The number of rotatable bonds is 7. The van der Waals surface area contributed by atoms with Gasteiger partial charge in [-0.2, -0.15) is 0 Å². The van der Waals surface area contributed by atoms with Crippen molar-refractivity contribution in [3.63, 3.8) is 0 Å². The summed E-state index contributed by atoms with van der Waals surface area (Å²) in [5, 5.41) is 3.43. The molecule has 6 nitrogen and oxygen atoms in total. The van der Waals surface area contributed by atoms with Crippen molar-refractivity contribution in [2.75, 3.05) is 11.9 Å². The zero-order chi connectivity index (χ0) is 21.1. The quantitative estimate of drug-likeness (QED) is 0.574. The maximum atomic E-state index is 13.2. The Morgan fingerprint density at radius 2 is 1.93 bits per heavy atom. The average Bonchev–Trinajstić information content (AvgIpc) is 3.54. The van der Waals surface area contributed by atoms with Gasteiger partial charge in [-0.3, -0.25) is 10.2 Å². The van der Waals surface area contributed by atoms with Crippen LogP contribution in [-0.4, -0.2) is 23.6 Å². The SMILES string of the molecule is CCOC(=O)Nc1ccc2c(CN(Cc3ccc(F)cc3)C3CC3)cc(=O)oc2c1. The van der Waals surface area contributed by atoms with Crippen LogP contribution in [-0.2, 0) is 17.8 Å². The van der Waals surface area contributed by atoms with Gasteiger partial charge in [0.2, 0.25) is 0 Å². The second kappa shape index (κ2) is 8.67. The molecule has 1 fully saturated rings. The summed E-state index contributed by atoms with van der Waals surface area (Å²) in [6, 6.07) is 13.7. The molecule has 0 saturated heterocycles. The van der Waals surface area contributed by atoms with Crippen molar-refractivity contribution in [1.82, 2.24) is 4.90 Å². The number of amides is 1. The smallest absolute Gasteiger partial charge is 0.411 e. The lowest BCUT2D eigenvalue weighted by Crippen LogP contribution is -2.25. The molecule has 1 aromatic heterocycles. The van der Waals surface area contributed by atoms with Crippen LogP contribution in [0.2, 0.25) is 0 Å². The maximum absolute atomic E-state index is 13.2. The fourth-order valence-corrected chi connectivity index (χ4v) is 3.52. The Morgan fingerprint density at radius 3 is 2.63 bits per heavy atom. The molecule has 1 saturated carbocycles. The monoisotopic (exact) mass is 410 g/mol. The normalized spacial score (nSPS) is 13.6. The van der Waals surface area contributed by atoms with Gasteiger partial charge < -0.3 is 9.15 Å². The molecule has 156 valence electrons. The number of nitrogens with one attached hydrogen (secondary N) is 1. The van der Waals surface area contributed by atoms with Crippen LogP contribution in [0.15, 0.2) is 57.7 Å². The van der Waals surface area contributed by atoms with Gasteiger partial charge in [-0.15, -0.1) is 0 Å². The van der Waals surface area contributed by atoms with Crippen LogP contribution >= 0.6 is 0 Å². The number of halogens is 1. The van der Waals surface area contributed by atoms with Gasteiger partial charge in [-0.05, 0) is 55.2 Å². The highest BCUT2D eigenvalue weighted by molar-refractivity contribution is 5.89. The summed E-state index contributed by atoms with van der Waals surface area (Å²) >= 11 is 0. The summed E-state index contributed by atoms with van der Waals surface area (Å²) in [7, 11) is 0. The van der Waals surface area contributed by atoms with Gasteiger partial charge in [-0.25, -0.2) is 14.0 Å². The molecule has 0 radical (unpaired) electrons. The molecule has 0 aliphatic heterocycles. The molecule has 0 unspecified atom stereocenters. The van der Waals surface area contributed by atoms with Crippen molar-refractivity contribution in [2.45, 2.75) is 38.9 Å². The van der Waals surface area contributed by atoms with Crippen LogP contribution in [0, 0.1) is 5.82 Å². The van der Waals surface area contributed by atoms with Crippen LogP contribution in [0.1, 0.15) is 30.9 Å². The molecule has 1 aliphatic carbocycles. The number of hydrogen-bond donors (Lipinski definition) is 1. The van der Waals surface area contributed by atoms with E-state index in [-0.39, 0.29) is 12.4 Å². The van der Waals surface area contributed by atoms with Gasteiger partial charge in [0.05, 0.1) is 6.61 Å². The summed E-state index contributed by atoms with van der Waals surface area (Å²) < 4.78 is 23.5. The Labute approximate surface area is 173 Å². The second-order valence-electron chi connectivity index (χ2n) is 7.41. The zero-order valence-corrected chi connectivity index (χ0v) is 16.7. The van der Waals surface area contributed by atoms with E-state index in [1.165, 1.54) is 18.2 Å². The maximum Gasteiger partial charge on any atom is 0.411 e. The number of anilines is 1. The van der Waals surface area contributed by atoms with Crippen LogP contribution in [0.3, 0.4) is 0 Å². The molecule has 1 amide bonds. The Hall–Kier alpha value is -3.19. The Bertz CT molecular complexity index is 1110. The van der Waals surface area contributed by atoms with Crippen molar-refractivity contribution in [3.05, 3.63) is 75.9 Å². The van der Waals surface area contributed by atoms with Gasteiger partial charge in [0, 0.05) is 42.3 Å². The van der Waals surface area contributed by atoms with E-state index >= 15 is 0 Å². The largest absolute Gasteiger partial charge is 0.450 e. The number of carbonyl (C=O) groups is 1. The van der Waals surface area contributed by atoms with E-state index in [9.17, 15) is 14.0 Å². The lowest BCUT2D eigenvalue weighted by atomic mass is 10.1. The van der Waals surface area contributed by atoms with Crippen molar-refractivity contribution in [3.8, 4) is 0 Å². The van der Waals surface area contributed by atoms with Crippen LogP contribution in [0.5, 0.6) is 0 Å². The lowest BCUT2D eigenvalue weighted by Gasteiger charge is -2.23. The van der Waals surface area contributed by atoms with E-state index in [1.54, 1.807) is 31.2 Å². The Morgan fingerprint density at radius 1 is 1.17 bits per heavy atom. The van der Waals surface area contributed by atoms with Crippen LogP contribution in [0.25, 0.3) is 11.0 Å². The first-order valence-corrected chi connectivity index (χ1v) is 10.0. The number of ether oxygens (including phenoxy) is 1. The summed E-state index contributed by atoms with van der Waals surface area (Å²) in [5.74, 6) is -0.254. The standard InChI is InChI=1S/C23H23FN2O4/c1-2-29-23(28)25-18-7-10-20-16(11-22(27)30-21(20)12-18)14-26(19-8-9-19)13-15-3-5-17(24)6-4-15/h3-7,10-12,19H,2,8-9,13-14H2,1H3,(H,25,28). The van der Waals surface area contributed by atoms with E-state index in [0.29, 0.717) is 30.4 Å². The third-order valence-corrected chi connectivity index (χ3v) is 5.09. The molecule has 2 aromatic carbocycles. The fraction of sp³-hybridized carbons (Fsp3) is 0.304. The third kappa shape index (κ3) is 4.86. The van der Waals surface area contributed by atoms with E-state index in [4.69, 9.17) is 9.15 Å². The Balaban J connectivity index is 1.59. The first-order valence-electron chi connectivity index (χ1n) is 10.0. The molecular formula is C23H23FN2O4. The minimum Gasteiger partial charge on any atom is -0.450 e. The predicted molar refractivity (Wildman–Crippen MR) is 112 cm³/mol. The van der Waals surface area contributed by atoms with Gasteiger partial charge in [-0.1, -0.05) is 12.1 Å². The first-order chi connectivity index (χ1) is 14.5. The van der Waals surface area contributed by atoms with Gasteiger partial charge in [0.15, 0.2) is 0 Å². The van der Waals surface area contributed by atoms with E-state index < -0.39 is 11.7 Å². The number of nitrogens with zero attached hydrogens (tertiary/aromatic N) is 1. The van der Waals surface area contributed by atoms with Crippen molar-refractivity contribution >= 4 is 22.7 Å². The number of benzene rings is 2. The highest BCUT2D eigenvalue weighted by atomic mass is 19.1. The molecule has 4 rings (SSSR count). The predicted octanol–water partition coefficient (Wildman–Crippen LogP) is 4.67. The fourth-order valence-electron chi connectivity index (χ4n) is 3.52. The molecule has 7 heteroatoms. The van der Waals surface area contributed by atoms with Crippen molar-refractivity contribution < 1.29 is 18.3 Å². The topological polar surface area (TPSA) is 71.8 Å². The summed E-state index contributed by atoms with van der Waals surface area (Å²) in [5.41, 5.74) is 2.34. The minimum absolute atomic E-state index is 0.254. The summed E-state index contributed by atoms with van der Waals surface area (Å²) in [6.45, 7) is 3.25. The zero-order valence-electron chi connectivity index (χ0n) is 16.7. The van der Waals surface area contributed by atoms with Crippen molar-refractivity contribution in [1.29, 1.82) is 0 Å². The summed E-state index contributed by atoms with van der Waals surface area (Å²) in [4.78, 5) is 26.1. The van der Waals surface area contributed by atoms with E-state index in [1.807, 2.05) is 6.07 Å². The third-order valence-electron chi connectivity index (χ3n) is 5.09. The number of carbonyl (C=O) groups excluding carboxylic acids is 1. The first kappa shape index (κ1) is 20.1. The van der Waals surface area contributed by atoms with E-state index in [0.717, 1.165) is 29.4 Å². The molecular weight excluding hydrogens is 387 g/mol.